The Balaban J connectivity index is 1.52. The van der Waals surface area contributed by atoms with Crippen LogP contribution in [0.3, 0.4) is 0 Å². The number of halogens is 1. The molecule has 1 aliphatic heterocycles. The fourth-order valence-corrected chi connectivity index (χ4v) is 3.94. The number of carbonyl (C=O) groups excluding carboxylic acids is 3. The van der Waals surface area contributed by atoms with E-state index in [9.17, 15) is 14.4 Å². The zero-order valence-electron chi connectivity index (χ0n) is 21.3. The summed E-state index contributed by atoms with van der Waals surface area (Å²) in [6.45, 7) is 4.62. The number of morpholine rings is 1. The van der Waals surface area contributed by atoms with Gasteiger partial charge in [-0.3, -0.25) is 14.4 Å². The number of nitrogens with zero attached hydrogens (tertiary/aromatic N) is 2. The summed E-state index contributed by atoms with van der Waals surface area (Å²) in [4.78, 5) is 38.4. The summed E-state index contributed by atoms with van der Waals surface area (Å²) < 4.78 is 22.5. The van der Waals surface area contributed by atoms with E-state index in [2.05, 4.69) is 38.7 Å². The smallest absolute Gasteiger partial charge is 0.329 e. The molecule has 2 aromatic carbocycles. The van der Waals surface area contributed by atoms with Crippen LogP contribution in [0.2, 0.25) is 0 Å². The van der Waals surface area contributed by atoms with Gasteiger partial charge in [0.05, 0.1) is 37.6 Å². The first kappa shape index (κ1) is 28.9. The zero-order chi connectivity index (χ0) is 27.3. The number of nitrogens with one attached hydrogen (secondary N) is 2. The van der Waals surface area contributed by atoms with Crippen LogP contribution in [0.5, 0.6) is 17.2 Å². The van der Waals surface area contributed by atoms with E-state index in [4.69, 9.17) is 18.9 Å². The molecule has 0 bridgehead atoms. The van der Waals surface area contributed by atoms with E-state index >= 15 is 0 Å². The van der Waals surface area contributed by atoms with Gasteiger partial charge in [0, 0.05) is 18.8 Å². The van der Waals surface area contributed by atoms with Crippen molar-refractivity contribution in [2.24, 2.45) is 5.10 Å². The Labute approximate surface area is 229 Å². The van der Waals surface area contributed by atoms with Crippen molar-refractivity contribution in [3.8, 4) is 17.2 Å². The van der Waals surface area contributed by atoms with Crippen LogP contribution in [0.15, 0.2) is 46.0 Å². The molecule has 0 spiro atoms. The van der Waals surface area contributed by atoms with Crippen molar-refractivity contribution in [3.05, 3.63) is 46.4 Å². The van der Waals surface area contributed by atoms with Gasteiger partial charge in [0.1, 0.15) is 5.75 Å². The Morgan fingerprint density at radius 1 is 1.11 bits per heavy atom. The number of ether oxygens (including phenoxy) is 4. The van der Waals surface area contributed by atoms with Crippen LogP contribution in [-0.4, -0.2) is 75.5 Å². The van der Waals surface area contributed by atoms with E-state index in [1.807, 2.05) is 0 Å². The SMILES string of the molecule is CCCCOc1ccc(NC(=O)C(=O)N/N=C\c2cc(Br)c(OCC(=O)N3CCOCC3)c(OC)c2)cc1. The number of anilines is 1. The fourth-order valence-electron chi connectivity index (χ4n) is 3.37. The van der Waals surface area contributed by atoms with Crippen molar-refractivity contribution in [1.29, 1.82) is 0 Å². The lowest BCUT2D eigenvalue weighted by Gasteiger charge is -2.26. The Bertz CT molecular complexity index is 1140. The lowest BCUT2D eigenvalue weighted by Crippen LogP contribution is -2.43. The van der Waals surface area contributed by atoms with Crippen molar-refractivity contribution in [2.45, 2.75) is 19.8 Å². The highest BCUT2D eigenvalue weighted by Gasteiger charge is 2.19. The molecule has 3 amide bonds. The Morgan fingerprint density at radius 3 is 2.53 bits per heavy atom. The Kier molecular flexibility index (Phi) is 11.4. The average Bonchev–Trinajstić information content (AvgIpc) is 2.93. The summed E-state index contributed by atoms with van der Waals surface area (Å²) >= 11 is 3.42. The topological polar surface area (TPSA) is 128 Å². The van der Waals surface area contributed by atoms with E-state index in [0.29, 0.717) is 65.9 Å². The van der Waals surface area contributed by atoms with E-state index < -0.39 is 11.8 Å². The van der Waals surface area contributed by atoms with Crippen LogP contribution in [0.4, 0.5) is 5.69 Å². The largest absolute Gasteiger partial charge is 0.494 e. The standard InChI is InChI=1S/C26H31BrN4O7/c1-3-4-11-37-20-7-5-19(6-8-20)29-25(33)26(34)30-28-16-18-14-21(27)24(22(15-18)35-2)38-17-23(32)31-9-12-36-13-10-31/h5-8,14-16H,3-4,9-13,17H2,1-2H3,(H,29,33)(H,30,34)/b28-16-. The quantitative estimate of drug-likeness (QED) is 0.178. The van der Waals surface area contributed by atoms with Gasteiger partial charge in [0.15, 0.2) is 18.1 Å². The number of amides is 3. The molecule has 0 unspecified atom stereocenters. The highest BCUT2D eigenvalue weighted by molar-refractivity contribution is 9.10. The normalized spacial score (nSPS) is 13.2. The molecule has 0 aromatic heterocycles. The zero-order valence-corrected chi connectivity index (χ0v) is 22.9. The van der Waals surface area contributed by atoms with Gasteiger partial charge in [-0.2, -0.15) is 5.10 Å². The summed E-state index contributed by atoms with van der Waals surface area (Å²) in [5, 5.41) is 6.35. The summed E-state index contributed by atoms with van der Waals surface area (Å²) in [5.41, 5.74) is 3.20. The van der Waals surface area contributed by atoms with Crippen molar-refractivity contribution in [2.75, 3.05) is 51.9 Å². The predicted octanol–water partition coefficient (Wildman–Crippen LogP) is 2.96. The first-order valence-electron chi connectivity index (χ1n) is 12.1. The van der Waals surface area contributed by atoms with E-state index in [0.717, 1.165) is 12.8 Å². The molecule has 0 saturated carbocycles. The number of unbranched alkanes of at least 4 members (excludes halogenated alkanes) is 1. The van der Waals surface area contributed by atoms with Crippen molar-refractivity contribution < 1.29 is 33.3 Å². The molecule has 2 N–H and O–H groups in total. The Morgan fingerprint density at radius 2 is 1.84 bits per heavy atom. The van der Waals surface area contributed by atoms with Crippen LogP contribution in [0, 0.1) is 0 Å². The van der Waals surface area contributed by atoms with Gasteiger partial charge in [0.25, 0.3) is 5.91 Å². The number of rotatable bonds is 11. The fraction of sp³-hybridized carbons (Fsp3) is 0.385. The van der Waals surface area contributed by atoms with Gasteiger partial charge in [0.2, 0.25) is 0 Å². The minimum absolute atomic E-state index is 0.148. The van der Waals surface area contributed by atoms with Gasteiger partial charge in [-0.1, -0.05) is 13.3 Å². The molecule has 2 aromatic rings. The number of benzene rings is 2. The summed E-state index contributed by atoms with van der Waals surface area (Å²) in [7, 11) is 1.47. The molecule has 0 atom stereocenters. The average molecular weight is 591 g/mol. The van der Waals surface area contributed by atoms with Crippen LogP contribution >= 0.6 is 15.9 Å². The number of hydrogen-bond acceptors (Lipinski definition) is 8. The molecule has 204 valence electrons. The van der Waals surface area contributed by atoms with Gasteiger partial charge >= 0.3 is 11.8 Å². The maximum absolute atomic E-state index is 12.4. The minimum Gasteiger partial charge on any atom is -0.494 e. The maximum atomic E-state index is 12.4. The lowest BCUT2D eigenvalue weighted by molar-refractivity contribution is -0.137. The number of carbonyl (C=O) groups is 3. The molecule has 1 aliphatic rings. The van der Waals surface area contributed by atoms with Crippen LogP contribution in [0.25, 0.3) is 0 Å². The summed E-state index contributed by atoms with van der Waals surface area (Å²) in [5.74, 6) is -0.540. The molecular weight excluding hydrogens is 560 g/mol. The van der Waals surface area contributed by atoms with E-state index in [1.54, 1.807) is 41.3 Å². The molecular formula is C26H31BrN4O7. The molecule has 12 heteroatoms. The predicted molar refractivity (Wildman–Crippen MR) is 145 cm³/mol. The number of hydrazone groups is 1. The third-order valence-electron chi connectivity index (χ3n) is 5.42. The van der Waals surface area contributed by atoms with Gasteiger partial charge in [-0.05, 0) is 64.3 Å². The second-order valence-corrected chi connectivity index (χ2v) is 9.05. The molecule has 1 heterocycles. The van der Waals surface area contributed by atoms with Crippen molar-refractivity contribution in [3.63, 3.8) is 0 Å². The third-order valence-corrected chi connectivity index (χ3v) is 6.01. The highest BCUT2D eigenvalue weighted by atomic mass is 79.9. The van der Waals surface area contributed by atoms with Crippen molar-refractivity contribution in [1.82, 2.24) is 10.3 Å². The van der Waals surface area contributed by atoms with Gasteiger partial charge in [-0.15, -0.1) is 0 Å². The van der Waals surface area contributed by atoms with Gasteiger partial charge < -0.3 is 29.2 Å². The van der Waals surface area contributed by atoms with Crippen molar-refractivity contribution >= 4 is 45.6 Å². The van der Waals surface area contributed by atoms with Gasteiger partial charge in [-0.25, -0.2) is 5.43 Å². The molecule has 11 nitrogen and oxygen atoms in total. The first-order valence-corrected chi connectivity index (χ1v) is 12.9. The monoisotopic (exact) mass is 590 g/mol. The van der Waals surface area contributed by atoms with Crippen LogP contribution in [0.1, 0.15) is 25.3 Å². The first-order chi connectivity index (χ1) is 18.4. The molecule has 0 radical (unpaired) electrons. The van der Waals surface area contributed by atoms with Crippen LogP contribution in [-0.2, 0) is 19.1 Å². The number of hydrogen-bond donors (Lipinski definition) is 2. The molecule has 0 aliphatic carbocycles. The maximum Gasteiger partial charge on any atom is 0.329 e. The van der Waals surface area contributed by atoms with E-state index in [1.165, 1.54) is 13.3 Å². The second kappa shape index (κ2) is 14.9. The molecule has 38 heavy (non-hydrogen) atoms. The Hall–Kier alpha value is -3.64. The van der Waals surface area contributed by atoms with Crippen LogP contribution < -0.4 is 25.0 Å². The lowest BCUT2D eigenvalue weighted by atomic mass is 10.2. The summed E-state index contributed by atoms with van der Waals surface area (Å²) in [6.07, 6.45) is 3.34. The molecule has 1 fully saturated rings. The molecule has 3 rings (SSSR count). The third kappa shape index (κ3) is 8.73. The summed E-state index contributed by atoms with van der Waals surface area (Å²) in [6, 6.07) is 10.0. The minimum atomic E-state index is -0.933. The molecule has 1 saturated heterocycles. The second-order valence-electron chi connectivity index (χ2n) is 8.20. The number of methoxy groups -OCH3 is 1. The van der Waals surface area contributed by atoms with E-state index in [-0.39, 0.29) is 12.5 Å². The highest BCUT2D eigenvalue weighted by Crippen LogP contribution is 2.36.